The van der Waals surface area contributed by atoms with Crippen molar-refractivity contribution in [2.24, 2.45) is 0 Å². The maximum absolute atomic E-state index is 3.42. The van der Waals surface area contributed by atoms with E-state index >= 15 is 0 Å². The van der Waals surface area contributed by atoms with E-state index in [1.54, 1.807) is 0 Å². The predicted octanol–water partition coefficient (Wildman–Crippen LogP) is 3.50. The molecule has 0 aliphatic heterocycles. The summed E-state index contributed by atoms with van der Waals surface area (Å²) in [5.41, 5.74) is 0.750. The van der Waals surface area contributed by atoms with Crippen LogP contribution in [0.4, 0.5) is 0 Å². The van der Waals surface area contributed by atoms with Crippen molar-refractivity contribution in [3.05, 3.63) is 0 Å². The highest BCUT2D eigenvalue weighted by Crippen LogP contribution is 2.55. The van der Waals surface area contributed by atoms with Crippen LogP contribution < -0.4 is 0 Å². The van der Waals surface area contributed by atoms with E-state index in [1.165, 1.54) is 0 Å². The molecule has 0 spiro atoms. The molecule has 38 valence electrons. The number of hydrogen-bond donors (Lipinski definition) is 0. The van der Waals surface area contributed by atoms with Crippen molar-refractivity contribution >= 4 is 36.3 Å². The van der Waals surface area contributed by atoms with E-state index in [1.807, 2.05) is 0 Å². The van der Waals surface area contributed by atoms with E-state index in [9.17, 15) is 0 Å². The van der Waals surface area contributed by atoms with Crippen molar-refractivity contribution in [3.63, 3.8) is 0 Å². The maximum Gasteiger partial charge on any atom is 0.0372 e. The molecule has 0 saturated heterocycles. The minimum absolute atomic E-state index is 0.0345. The summed E-state index contributed by atoms with van der Waals surface area (Å²) in [5, 5.41) is -0.0345. The van der Waals surface area contributed by atoms with Gasteiger partial charge in [0.15, 0.2) is 0 Å². The van der Waals surface area contributed by atoms with Gasteiger partial charge in [0.05, 0.1) is 0 Å². The molecule has 0 rings (SSSR count). The van der Waals surface area contributed by atoms with Crippen LogP contribution in [0.3, 0.4) is 0 Å². The van der Waals surface area contributed by atoms with Crippen molar-refractivity contribution in [1.29, 1.82) is 0 Å². The molecule has 0 aromatic rings. The van der Waals surface area contributed by atoms with Crippen LogP contribution in [0.5, 0.6) is 0 Å². The molecule has 0 amide bonds. The summed E-state index contributed by atoms with van der Waals surface area (Å²) in [4.78, 5) is 0. The number of hydrogen-bond acceptors (Lipinski definition) is 0. The molecule has 0 nitrogen and oxygen atoms in total. The summed E-state index contributed by atoms with van der Waals surface area (Å²) in [6, 6.07) is 0. The van der Waals surface area contributed by atoms with Gasteiger partial charge in [0.2, 0.25) is 0 Å². The van der Waals surface area contributed by atoms with Crippen LogP contribution in [0, 0.1) is 0 Å². The number of rotatable bonds is 1. The third-order valence-electron chi connectivity index (χ3n) is 0.390. The third-order valence-corrected chi connectivity index (χ3v) is 6.09. The van der Waals surface area contributed by atoms with Gasteiger partial charge in [0.1, 0.15) is 0 Å². The van der Waals surface area contributed by atoms with Gasteiger partial charge in [-0.05, 0) is 36.6 Å². The largest absolute Gasteiger partial charge is 0.0572 e. The topological polar surface area (TPSA) is 0 Å². The van der Waals surface area contributed by atoms with Gasteiger partial charge < -0.3 is 0 Å². The fraction of sp³-hybridized carbons (Fsp3) is 1.00. The quantitative estimate of drug-likeness (QED) is 0.609. The molecule has 0 radical (unpaired) electrons. The van der Waals surface area contributed by atoms with Crippen molar-refractivity contribution in [3.8, 4) is 0 Å². The fourth-order valence-electron chi connectivity index (χ4n) is 0. The Hall–Kier alpha value is 1.39. The van der Waals surface area contributed by atoms with Gasteiger partial charge in [-0.2, -0.15) is 0 Å². The van der Waals surface area contributed by atoms with E-state index < -0.39 is 0 Å². The summed E-state index contributed by atoms with van der Waals surface area (Å²) < 4.78 is 0. The van der Waals surface area contributed by atoms with Crippen LogP contribution in [0.1, 0.15) is 13.8 Å². The van der Waals surface area contributed by atoms with Gasteiger partial charge >= 0.3 is 0 Å². The Labute approximate surface area is 55.9 Å². The Morgan fingerprint density at radius 3 is 1.50 bits per heavy atom. The highest BCUT2D eigenvalue weighted by Gasteiger charge is 2.00. The summed E-state index contributed by atoms with van der Waals surface area (Å²) in [7, 11) is 0. The van der Waals surface area contributed by atoms with Crippen LogP contribution in [0.15, 0.2) is 0 Å². The minimum Gasteiger partial charge on any atom is -0.0572 e. The molecule has 0 aliphatic carbocycles. The average molecular weight is 234 g/mol. The van der Waals surface area contributed by atoms with Gasteiger partial charge in [-0.1, -0.05) is 13.8 Å². The molecule has 0 atom stereocenters. The zero-order valence-corrected chi connectivity index (χ0v) is 7.85. The molecule has 6 heavy (non-hydrogen) atoms. The molecule has 0 N–H and O–H groups in total. The van der Waals surface area contributed by atoms with Crippen LogP contribution in [-0.4, -0.2) is 5.66 Å². The highest BCUT2D eigenvalue weighted by atomic mass is 79.9. The van der Waals surface area contributed by atoms with Crippen LogP contribution >= 0.6 is 36.3 Å². The van der Waals surface area contributed by atoms with Crippen LogP contribution in [0.2, 0.25) is 0 Å². The molecular formula is C3H7Br2P. The Morgan fingerprint density at radius 2 is 1.50 bits per heavy atom. The third kappa shape index (κ3) is 3.58. The second-order valence-electron chi connectivity index (χ2n) is 1.35. The summed E-state index contributed by atoms with van der Waals surface area (Å²) in [6.45, 7) is 4.35. The Bertz CT molecular complexity index is 29.8. The molecule has 3 heteroatoms. The first kappa shape index (κ1) is 7.39. The minimum atomic E-state index is -0.0345. The summed E-state index contributed by atoms with van der Waals surface area (Å²) in [5.74, 6) is 0. The molecule has 0 aliphatic rings. The lowest BCUT2D eigenvalue weighted by Crippen LogP contribution is -1.78. The van der Waals surface area contributed by atoms with E-state index in [2.05, 4.69) is 44.8 Å². The van der Waals surface area contributed by atoms with Crippen molar-refractivity contribution in [2.75, 3.05) is 0 Å². The standard InChI is InChI=1S/C3H7Br2P/c1-3(2)6(4)5/h3H,1-2H3. The molecule has 0 bridgehead atoms. The normalized spacial score (nSPS) is 11.0. The second kappa shape index (κ2) is 3.40. The summed E-state index contributed by atoms with van der Waals surface area (Å²) in [6.07, 6.45) is 0. The first-order valence-electron chi connectivity index (χ1n) is 1.75. The lowest BCUT2D eigenvalue weighted by Gasteiger charge is -2.01. The zero-order chi connectivity index (χ0) is 5.15. The lowest BCUT2D eigenvalue weighted by molar-refractivity contribution is 1.11. The first-order chi connectivity index (χ1) is 2.64. The lowest BCUT2D eigenvalue weighted by atomic mass is 10.6. The van der Waals surface area contributed by atoms with Crippen molar-refractivity contribution < 1.29 is 0 Å². The Morgan fingerprint density at radius 1 is 1.33 bits per heavy atom. The second-order valence-corrected chi connectivity index (χ2v) is 10.3. The Balaban J connectivity index is 2.99. The monoisotopic (exact) mass is 232 g/mol. The zero-order valence-electron chi connectivity index (χ0n) is 3.78. The molecule has 0 heterocycles. The molecule has 0 unspecified atom stereocenters. The molecular weight excluding hydrogens is 227 g/mol. The SMILES string of the molecule is CC(C)P(Br)Br. The van der Waals surface area contributed by atoms with Gasteiger partial charge in [-0.15, -0.1) is 0 Å². The van der Waals surface area contributed by atoms with E-state index in [-0.39, 0.29) is 5.33 Å². The highest BCUT2D eigenvalue weighted by molar-refractivity contribution is 9.69. The van der Waals surface area contributed by atoms with Gasteiger partial charge in [0, 0.05) is 5.33 Å². The maximum atomic E-state index is 3.42. The Kier molecular flexibility index (Phi) is 4.19. The van der Waals surface area contributed by atoms with E-state index in [4.69, 9.17) is 0 Å². The van der Waals surface area contributed by atoms with Gasteiger partial charge in [-0.3, -0.25) is 0 Å². The summed E-state index contributed by atoms with van der Waals surface area (Å²) >= 11 is 6.84. The van der Waals surface area contributed by atoms with Gasteiger partial charge in [-0.25, -0.2) is 0 Å². The average Bonchev–Trinajstić information content (AvgIpc) is 1.36. The van der Waals surface area contributed by atoms with Crippen molar-refractivity contribution in [2.45, 2.75) is 19.5 Å². The van der Waals surface area contributed by atoms with Crippen LogP contribution in [0.25, 0.3) is 0 Å². The fourth-order valence-corrected chi connectivity index (χ4v) is 0. The van der Waals surface area contributed by atoms with Crippen LogP contribution in [-0.2, 0) is 0 Å². The molecule has 0 fully saturated rings. The predicted molar refractivity (Wildman–Crippen MR) is 39.9 cm³/mol. The number of halogens is 2. The van der Waals surface area contributed by atoms with E-state index in [0.29, 0.717) is 0 Å². The molecule has 0 saturated carbocycles. The molecule has 0 aromatic carbocycles. The van der Waals surface area contributed by atoms with E-state index in [0.717, 1.165) is 5.66 Å². The van der Waals surface area contributed by atoms with Gasteiger partial charge in [0.25, 0.3) is 0 Å². The smallest absolute Gasteiger partial charge is 0.0372 e. The van der Waals surface area contributed by atoms with Crippen molar-refractivity contribution in [1.82, 2.24) is 0 Å². The molecule has 0 aromatic heterocycles. The first-order valence-corrected chi connectivity index (χ1v) is 7.20.